The van der Waals surface area contributed by atoms with Crippen molar-refractivity contribution in [3.63, 3.8) is 0 Å². The van der Waals surface area contributed by atoms with E-state index in [4.69, 9.17) is 0 Å². The molecule has 0 saturated carbocycles. The summed E-state index contributed by atoms with van der Waals surface area (Å²) in [6, 6.07) is 0. The van der Waals surface area contributed by atoms with Crippen LogP contribution < -0.4 is 0 Å². The number of fused-ring (bicyclic) bond motifs is 1. The van der Waals surface area contributed by atoms with Gasteiger partial charge in [-0.2, -0.15) is 11.8 Å². The number of pyridine rings is 1. The van der Waals surface area contributed by atoms with Gasteiger partial charge in [0.1, 0.15) is 0 Å². The van der Waals surface area contributed by atoms with E-state index in [1.165, 1.54) is 35.3 Å². The Morgan fingerprint density at radius 1 is 1.43 bits per heavy atom. The zero-order valence-corrected chi connectivity index (χ0v) is 9.31. The number of thioether (sulfide) groups is 1. The quantitative estimate of drug-likeness (QED) is 0.751. The summed E-state index contributed by atoms with van der Waals surface area (Å²) < 4.78 is 0. The highest BCUT2D eigenvalue weighted by Gasteiger charge is 2.09. The molecule has 2 heteroatoms. The first-order valence-electron chi connectivity index (χ1n) is 5.12. The molecule has 0 spiro atoms. The first-order chi connectivity index (χ1) is 6.92. The van der Waals surface area contributed by atoms with E-state index >= 15 is 0 Å². The average Bonchev–Trinajstić information content (AvgIpc) is 2.26. The Labute approximate surface area is 89.6 Å². The lowest BCUT2D eigenvalue weighted by Crippen LogP contribution is -2.00. The van der Waals surface area contributed by atoms with Crippen molar-refractivity contribution < 1.29 is 0 Å². The van der Waals surface area contributed by atoms with Gasteiger partial charge in [0, 0.05) is 18.1 Å². The van der Waals surface area contributed by atoms with Crippen LogP contribution in [0.5, 0.6) is 0 Å². The van der Waals surface area contributed by atoms with Gasteiger partial charge in [0.05, 0.1) is 0 Å². The molecule has 0 N–H and O–H groups in total. The van der Waals surface area contributed by atoms with Gasteiger partial charge in [-0.1, -0.05) is 19.1 Å². The summed E-state index contributed by atoms with van der Waals surface area (Å²) in [7, 11) is 0. The fourth-order valence-electron chi connectivity index (χ4n) is 1.77. The van der Waals surface area contributed by atoms with Gasteiger partial charge in [0.25, 0.3) is 0 Å². The van der Waals surface area contributed by atoms with Crippen molar-refractivity contribution in [1.82, 2.24) is 4.98 Å². The van der Waals surface area contributed by atoms with Crippen LogP contribution in [0.1, 0.15) is 30.0 Å². The summed E-state index contributed by atoms with van der Waals surface area (Å²) >= 11 is 1.97. The van der Waals surface area contributed by atoms with Gasteiger partial charge in [0.2, 0.25) is 0 Å². The van der Waals surface area contributed by atoms with E-state index in [2.05, 4.69) is 24.1 Å². The first-order valence-corrected chi connectivity index (χ1v) is 6.27. The van der Waals surface area contributed by atoms with Crippen molar-refractivity contribution in [2.24, 2.45) is 0 Å². The monoisotopic (exact) mass is 205 g/mol. The van der Waals surface area contributed by atoms with Crippen LogP contribution in [-0.2, 0) is 12.2 Å². The molecule has 1 aliphatic carbocycles. The molecule has 14 heavy (non-hydrogen) atoms. The Balaban J connectivity index is 2.27. The molecule has 0 unspecified atom stereocenters. The molecule has 74 valence electrons. The van der Waals surface area contributed by atoms with Gasteiger partial charge >= 0.3 is 0 Å². The second kappa shape index (κ2) is 4.65. The Kier molecular flexibility index (Phi) is 3.25. The van der Waals surface area contributed by atoms with Crippen LogP contribution in [0.3, 0.4) is 0 Å². The van der Waals surface area contributed by atoms with Crippen molar-refractivity contribution in [1.29, 1.82) is 0 Å². The van der Waals surface area contributed by atoms with Gasteiger partial charge in [-0.15, -0.1) is 0 Å². The molecule has 0 amide bonds. The SMILES string of the molecule is CCSCc1cncc2c1CCC=C2. The first kappa shape index (κ1) is 9.78. The van der Waals surface area contributed by atoms with Crippen molar-refractivity contribution in [2.75, 3.05) is 5.75 Å². The van der Waals surface area contributed by atoms with Crippen molar-refractivity contribution >= 4 is 17.8 Å². The van der Waals surface area contributed by atoms with Gasteiger partial charge in [0.15, 0.2) is 0 Å². The summed E-state index contributed by atoms with van der Waals surface area (Å²) in [6.07, 6.45) is 10.8. The number of hydrogen-bond donors (Lipinski definition) is 0. The van der Waals surface area contributed by atoms with Crippen LogP contribution in [0.4, 0.5) is 0 Å². The van der Waals surface area contributed by atoms with E-state index in [0.29, 0.717) is 0 Å². The maximum absolute atomic E-state index is 4.29. The van der Waals surface area contributed by atoms with Crippen LogP contribution in [0, 0.1) is 0 Å². The minimum atomic E-state index is 1.11. The highest BCUT2D eigenvalue weighted by molar-refractivity contribution is 7.98. The molecular formula is C12H15NS. The Bertz CT molecular complexity index is 344. The summed E-state index contributed by atoms with van der Waals surface area (Å²) in [5.74, 6) is 2.29. The molecule has 1 heterocycles. The van der Waals surface area contributed by atoms with Crippen molar-refractivity contribution in [3.8, 4) is 0 Å². The summed E-state index contributed by atoms with van der Waals surface area (Å²) in [4.78, 5) is 4.29. The van der Waals surface area contributed by atoms with Crippen LogP contribution in [0.15, 0.2) is 18.5 Å². The minimum absolute atomic E-state index is 1.11. The maximum Gasteiger partial charge on any atom is 0.0343 e. The molecule has 0 radical (unpaired) electrons. The molecule has 0 aliphatic heterocycles. The van der Waals surface area contributed by atoms with E-state index in [1.54, 1.807) is 0 Å². The van der Waals surface area contributed by atoms with E-state index in [-0.39, 0.29) is 0 Å². The Morgan fingerprint density at radius 2 is 2.36 bits per heavy atom. The summed E-state index contributed by atoms with van der Waals surface area (Å²) in [5.41, 5.74) is 4.27. The third-order valence-corrected chi connectivity index (χ3v) is 3.42. The zero-order valence-electron chi connectivity index (χ0n) is 8.49. The van der Waals surface area contributed by atoms with E-state index in [1.807, 2.05) is 24.2 Å². The molecular weight excluding hydrogens is 190 g/mol. The van der Waals surface area contributed by atoms with Crippen molar-refractivity contribution in [3.05, 3.63) is 35.2 Å². The maximum atomic E-state index is 4.29. The average molecular weight is 205 g/mol. The molecule has 2 rings (SSSR count). The van der Waals surface area contributed by atoms with Gasteiger partial charge in [-0.25, -0.2) is 0 Å². The van der Waals surface area contributed by atoms with Gasteiger partial charge < -0.3 is 0 Å². The largest absolute Gasteiger partial charge is 0.264 e. The van der Waals surface area contributed by atoms with Crippen molar-refractivity contribution in [2.45, 2.75) is 25.5 Å². The molecule has 1 aromatic rings. The number of rotatable bonds is 3. The molecule has 0 fully saturated rings. The normalized spacial score (nSPS) is 14.1. The Hall–Kier alpha value is -0.760. The van der Waals surface area contributed by atoms with E-state index in [0.717, 1.165) is 5.75 Å². The number of allylic oxidation sites excluding steroid dienone is 1. The molecule has 0 atom stereocenters. The third kappa shape index (κ3) is 2.01. The number of hydrogen-bond acceptors (Lipinski definition) is 2. The number of nitrogens with zero attached hydrogens (tertiary/aromatic N) is 1. The molecule has 1 nitrogen and oxygen atoms in total. The predicted octanol–water partition coefficient (Wildman–Crippen LogP) is 3.29. The van der Waals surface area contributed by atoms with E-state index in [9.17, 15) is 0 Å². The second-order valence-corrected chi connectivity index (χ2v) is 4.72. The highest BCUT2D eigenvalue weighted by atomic mass is 32.2. The fourth-order valence-corrected chi connectivity index (χ4v) is 2.44. The molecule has 0 aromatic carbocycles. The predicted molar refractivity (Wildman–Crippen MR) is 63.4 cm³/mol. The molecule has 1 aromatic heterocycles. The lowest BCUT2D eigenvalue weighted by Gasteiger charge is -2.14. The molecule has 1 aliphatic rings. The number of aromatic nitrogens is 1. The van der Waals surface area contributed by atoms with E-state index < -0.39 is 0 Å². The second-order valence-electron chi connectivity index (χ2n) is 3.44. The fraction of sp³-hybridized carbons (Fsp3) is 0.417. The third-order valence-electron chi connectivity index (χ3n) is 2.50. The lowest BCUT2D eigenvalue weighted by molar-refractivity contribution is 0.956. The van der Waals surface area contributed by atoms with Crippen LogP contribution in [-0.4, -0.2) is 10.7 Å². The summed E-state index contributed by atoms with van der Waals surface area (Å²) in [5, 5.41) is 0. The Morgan fingerprint density at radius 3 is 3.21 bits per heavy atom. The standard InChI is InChI=1S/C12H15NS/c1-2-14-9-11-8-13-7-10-5-3-4-6-12(10)11/h3,5,7-8H,2,4,6,9H2,1H3. The molecule has 0 saturated heterocycles. The van der Waals surface area contributed by atoms with Gasteiger partial charge in [-0.05, 0) is 35.3 Å². The summed E-state index contributed by atoms with van der Waals surface area (Å²) in [6.45, 7) is 2.20. The zero-order chi connectivity index (χ0) is 9.80. The minimum Gasteiger partial charge on any atom is -0.264 e. The lowest BCUT2D eigenvalue weighted by atomic mass is 9.96. The van der Waals surface area contributed by atoms with Crippen LogP contribution in [0.25, 0.3) is 6.08 Å². The topological polar surface area (TPSA) is 12.9 Å². The highest BCUT2D eigenvalue weighted by Crippen LogP contribution is 2.24. The van der Waals surface area contributed by atoms with Crippen LogP contribution in [0.2, 0.25) is 0 Å². The molecule has 0 bridgehead atoms. The van der Waals surface area contributed by atoms with Crippen LogP contribution >= 0.6 is 11.8 Å². The smallest absolute Gasteiger partial charge is 0.0343 e. The van der Waals surface area contributed by atoms with Gasteiger partial charge in [-0.3, -0.25) is 4.98 Å².